The Morgan fingerprint density at radius 1 is 0.977 bits per heavy atom. The van der Waals surface area contributed by atoms with E-state index in [2.05, 4.69) is 11.8 Å². The van der Waals surface area contributed by atoms with Gasteiger partial charge in [0.2, 0.25) is 0 Å². The summed E-state index contributed by atoms with van der Waals surface area (Å²) in [6, 6.07) is 21.0. The number of hydrogen-bond donors (Lipinski definition) is 0. The van der Waals surface area contributed by atoms with E-state index in [0.717, 1.165) is 60.6 Å². The van der Waals surface area contributed by atoms with Gasteiger partial charge in [-0.25, -0.2) is 4.39 Å². The fraction of sp³-hybridized carbons (Fsp3) is 0.457. The first-order chi connectivity index (χ1) is 20.9. The van der Waals surface area contributed by atoms with Gasteiger partial charge in [-0.3, -0.25) is 4.79 Å². The number of hydrogen-bond acceptors (Lipinski definition) is 6. The summed E-state index contributed by atoms with van der Waals surface area (Å²) in [5.41, 5.74) is 1.88. The van der Waals surface area contributed by atoms with Crippen LogP contribution in [0, 0.1) is 23.6 Å². The van der Waals surface area contributed by atoms with Gasteiger partial charge in [-0.2, -0.15) is 0 Å². The zero-order valence-electron chi connectivity index (χ0n) is 25.5. The lowest BCUT2D eigenvalue weighted by atomic mass is 9.77. The van der Waals surface area contributed by atoms with Crippen molar-refractivity contribution in [3.05, 3.63) is 89.2 Å². The largest absolute Gasteiger partial charge is 0.492 e. The normalized spacial score (nSPS) is 18.9. The molecule has 0 N–H and O–H groups in total. The standard InChI is InChI=1S/C35H43FN2O4S/c1-25(24-43-42-31-11-7-10-30(20-31)40-19-18-37(2)3)28-14-12-26(13-15-28)21-38-22-29-16-17-32(34(36)33(29)35(38)39)41-23-27-8-5-4-6-9-27/h4-11,16-17,20,25-26,28H,12-15,18-19,21-24H2,1-3H3. The molecule has 1 aliphatic heterocycles. The molecule has 1 amide bonds. The van der Waals surface area contributed by atoms with Crippen molar-refractivity contribution < 1.29 is 22.8 Å². The smallest absolute Gasteiger partial charge is 0.257 e. The van der Waals surface area contributed by atoms with Gasteiger partial charge in [0.15, 0.2) is 11.6 Å². The quantitative estimate of drug-likeness (QED) is 0.178. The SMILES string of the molecule is CC(CSOc1cccc(OCCN(C)C)c1)C1CCC(CN2Cc3ccc(OCc4ccccc4)c(F)c3C2=O)CC1. The fourth-order valence-electron chi connectivity index (χ4n) is 5.95. The third-order valence-electron chi connectivity index (χ3n) is 8.57. The van der Waals surface area contributed by atoms with E-state index in [1.807, 2.05) is 79.7 Å². The van der Waals surface area contributed by atoms with Crippen molar-refractivity contribution >= 4 is 17.9 Å². The molecule has 8 heteroatoms. The van der Waals surface area contributed by atoms with Gasteiger partial charge < -0.3 is 23.5 Å². The Balaban J connectivity index is 1.04. The van der Waals surface area contributed by atoms with Crippen LogP contribution in [0.15, 0.2) is 66.7 Å². The van der Waals surface area contributed by atoms with Crippen LogP contribution in [-0.4, -0.2) is 55.3 Å². The Morgan fingerprint density at radius 2 is 1.74 bits per heavy atom. The Morgan fingerprint density at radius 3 is 2.51 bits per heavy atom. The van der Waals surface area contributed by atoms with Crippen LogP contribution in [0.4, 0.5) is 4.39 Å². The molecule has 0 bridgehead atoms. The second kappa shape index (κ2) is 15.0. The van der Waals surface area contributed by atoms with Gasteiger partial charge in [-0.05, 0) is 86.9 Å². The Labute approximate surface area is 259 Å². The van der Waals surface area contributed by atoms with E-state index < -0.39 is 5.82 Å². The van der Waals surface area contributed by atoms with Gasteiger partial charge >= 0.3 is 0 Å². The molecule has 3 aromatic carbocycles. The molecule has 1 aliphatic carbocycles. The minimum absolute atomic E-state index is 0.134. The molecule has 1 saturated carbocycles. The van der Waals surface area contributed by atoms with E-state index in [1.165, 1.54) is 12.0 Å². The van der Waals surface area contributed by atoms with E-state index >= 15 is 4.39 Å². The van der Waals surface area contributed by atoms with E-state index in [-0.39, 0.29) is 23.8 Å². The zero-order chi connectivity index (χ0) is 30.2. The molecule has 1 fully saturated rings. The number of halogens is 1. The average Bonchev–Trinajstić information content (AvgIpc) is 3.33. The zero-order valence-corrected chi connectivity index (χ0v) is 26.3. The predicted molar refractivity (Wildman–Crippen MR) is 170 cm³/mol. The second-order valence-corrected chi connectivity index (χ2v) is 12.9. The highest BCUT2D eigenvalue weighted by molar-refractivity contribution is 7.95. The molecule has 0 aromatic heterocycles. The maximum atomic E-state index is 15.3. The molecule has 43 heavy (non-hydrogen) atoms. The molecular formula is C35H43FN2O4S. The third-order valence-corrected chi connectivity index (χ3v) is 9.54. The van der Waals surface area contributed by atoms with Crippen LogP contribution in [0.1, 0.15) is 54.1 Å². The molecule has 0 saturated heterocycles. The highest BCUT2D eigenvalue weighted by Gasteiger charge is 2.35. The summed E-state index contributed by atoms with van der Waals surface area (Å²) in [6.45, 7) is 5.23. The number of nitrogens with zero attached hydrogens (tertiary/aromatic N) is 2. The minimum Gasteiger partial charge on any atom is -0.492 e. The Hall–Kier alpha value is -3.23. The van der Waals surface area contributed by atoms with Crippen molar-refractivity contribution in [3.63, 3.8) is 0 Å². The van der Waals surface area contributed by atoms with Crippen molar-refractivity contribution in [1.29, 1.82) is 0 Å². The second-order valence-electron chi connectivity index (χ2n) is 12.1. The van der Waals surface area contributed by atoms with Crippen molar-refractivity contribution in [2.24, 2.45) is 17.8 Å². The predicted octanol–water partition coefficient (Wildman–Crippen LogP) is 7.47. The summed E-state index contributed by atoms with van der Waals surface area (Å²) in [5.74, 6) is 3.56. The van der Waals surface area contributed by atoms with Gasteiger partial charge in [-0.1, -0.05) is 49.4 Å². The van der Waals surface area contributed by atoms with Gasteiger partial charge in [-0.15, -0.1) is 0 Å². The maximum Gasteiger partial charge on any atom is 0.257 e. The number of fused-ring (bicyclic) bond motifs is 1. The lowest BCUT2D eigenvalue weighted by Crippen LogP contribution is -2.33. The highest BCUT2D eigenvalue weighted by Crippen LogP contribution is 2.38. The number of likely N-dealkylation sites (N-methyl/N-ethyl adjacent to an activating group) is 1. The third kappa shape index (κ3) is 8.45. The summed E-state index contributed by atoms with van der Waals surface area (Å²) in [5, 5.41) is 0. The first-order valence-electron chi connectivity index (χ1n) is 15.3. The molecule has 5 rings (SSSR count). The van der Waals surface area contributed by atoms with Crippen molar-refractivity contribution in [1.82, 2.24) is 9.80 Å². The van der Waals surface area contributed by atoms with E-state index in [9.17, 15) is 4.79 Å². The number of carbonyl (C=O) groups excluding carboxylic acids is 1. The molecule has 2 aliphatic rings. The summed E-state index contributed by atoms with van der Waals surface area (Å²) in [6.07, 6.45) is 4.45. The maximum absolute atomic E-state index is 15.3. The number of ether oxygens (including phenoxy) is 2. The summed E-state index contributed by atoms with van der Waals surface area (Å²) in [4.78, 5) is 17.1. The summed E-state index contributed by atoms with van der Waals surface area (Å²) >= 11 is 1.51. The number of carbonyl (C=O) groups is 1. The summed E-state index contributed by atoms with van der Waals surface area (Å²) in [7, 11) is 4.06. The molecule has 0 radical (unpaired) electrons. The first-order valence-corrected chi connectivity index (χ1v) is 16.2. The molecule has 3 aromatic rings. The van der Waals surface area contributed by atoms with Crippen LogP contribution in [0.5, 0.6) is 17.2 Å². The average molecular weight is 607 g/mol. The molecule has 1 unspecified atom stereocenters. The molecule has 1 atom stereocenters. The van der Waals surface area contributed by atoms with Gasteiger partial charge in [0.25, 0.3) is 5.91 Å². The minimum atomic E-state index is -0.540. The van der Waals surface area contributed by atoms with Gasteiger partial charge in [0, 0.05) is 31.5 Å². The number of rotatable bonds is 14. The fourth-order valence-corrected chi connectivity index (χ4v) is 6.74. The Bertz CT molecular complexity index is 1350. The number of benzene rings is 3. The molecule has 230 valence electrons. The van der Waals surface area contributed by atoms with Crippen molar-refractivity contribution in [2.45, 2.75) is 45.8 Å². The van der Waals surface area contributed by atoms with Gasteiger partial charge in [0.05, 0.1) is 17.6 Å². The Kier molecular flexibility index (Phi) is 10.9. The molecule has 0 spiro atoms. The van der Waals surface area contributed by atoms with Crippen LogP contribution < -0.4 is 13.7 Å². The van der Waals surface area contributed by atoms with Crippen LogP contribution in [0.25, 0.3) is 0 Å². The van der Waals surface area contributed by atoms with Crippen LogP contribution in [0.3, 0.4) is 0 Å². The van der Waals surface area contributed by atoms with Crippen LogP contribution in [0.2, 0.25) is 0 Å². The summed E-state index contributed by atoms with van der Waals surface area (Å²) < 4.78 is 32.9. The molecule has 6 nitrogen and oxygen atoms in total. The van der Waals surface area contributed by atoms with Crippen LogP contribution in [-0.2, 0) is 13.2 Å². The highest BCUT2D eigenvalue weighted by atomic mass is 32.2. The van der Waals surface area contributed by atoms with Crippen molar-refractivity contribution in [3.8, 4) is 17.2 Å². The monoisotopic (exact) mass is 606 g/mol. The topological polar surface area (TPSA) is 51.2 Å². The number of amides is 1. The van der Waals surface area contributed by atoms with E-state index in [4.69, 9.17) is 13.7 Å². The molecule has 1 heterocycles. The first kappa shape index (κ1) is 31.2. The van der Waals surface area contributed by atoms with E-state index in [1.54, 1.807) is 6.07 Å². The lowest BCUT2D eigenvalue weighted by Gasteiger charge is -2.33. The van der Waals surface area contributed by atoms with E-state index in [0.29, 0.717) is 37.5 Å². The lowest BCUT2D eigenvalue weighted by molar-refractivity contribution is 0.0720. The van der Waals surface area contributed by atoms with Crippen molar-refractivity contribution in [2.75, 3.05) is 39.5 Å². The van der Waals surface area contributed by atoms with Gasteiger partial charge in [0.1, 0.15) is 24.7 Å². The van der Waals surface area contributed by atoms with Crippen LogP contribution >= 0.6 is 12.0 Å². The molecular weight excluding hydrogens is 563 g/mol.